The number of benzene rings is 1. The van der Waals surface area contributed by atoms with Gasteiger partial charge in [-0.25, -0.2) is 0 Å². The standard InChI is InChI=1S/C31H41N3O5S/c1-6-10-20(3)32-17-9-16-31-25(28(37)34(21(4)19-35)26(31)29(32)38)24-27(36)33(18-8-15-30(24,5)40-31)22-11-13-23(14-12-22)39-7-2/h8-9,11-16,20-21,24-26,35H,6-7,10,17-19H2,1-5H3/t20?,21-,24-,25+,26?,30+,31+/m1/s1. The van der Waals surface area contributed by atoms with E-state index in [9.17, 15) is 19.5 Å². The SMILES string of the molecule is CCCC(C)N1CC=C[C@]23S[C@@]4(C)C=CCN(c5ccc(OCC)cc5)C(=O)[C@H]4[C@H]2C(=O)N([C@H](C)CO)C3C1=O. The molecule has 0 bridgehead atoms. The average Bonchev–Trinajstić information content (AvgIpc) is 3.20. The number of fused-ring (bicyclic) bond motifs is 2. The van der Waals surface area contributed by atoms with E-state index in [0.29, 0.717) is 19.7 Å². The monoisotopic (exact) mass is 567 g/mol. The van der Waals surface area contributed by atoms with E-state index in [1.54, 1.807) is 28.5 Å². The fourth-order valence-electron chi connectivity index (χ4n) is 7.13. The summed E-state index contributed by atoms with van der Waals surface area (Å²) >= 11 is 1.57. The lowest BCUT2D eigenvalue weighted by Crippen LogP contribution is -2.57. The molecule has 40 heavy (non-hydrogen) atoms. The number of ether oxygens (including phenoxy) is 1. The number of nitrogens with zero attached hydrogens (tertiary/aromatic N) is 3. The number of thioether (sulfide) groups is 1. The maximum atomic E-state index is 14.5. The quantitative estimate of drug-likeness (QED) is 0.483. The molecule has 216 valence electrons. The number of carbonyl (C=O) groups excluding carboxylic acids is 3. The molecule has 0 aromatic heterocycles. The van der Waals surface area contributed by atoms with Gasteiger partial charge < -0.3 is 24.5 Å². The number of hydrogen-bond donors (Lipinski definition) is 1. The normalized spacial score (nSPS) is 32.9. The van der Waals surface area contributed by atoms with Crippen LogP contribution in [0.25, 0.3) is 0 Å². The third-order valence-electron chi connectivity index (χ3n) is 8.96. The zero-order chi connectivity index (χ0) is 28.8. The summed E-state index contributed by atoms with van der Waals surface area (Å²) in [7, 11) is 0. The second kappa shape index (κ2) is 10.9. The fourth-order valence-corrected chi connectivity index (χ4v) is 9.28. The first kappa shape index (κ1) is 28.7. The number of rotatable bonds is 8. The predicted molar refractivity (Wildman–Crippen MR) is 157 cm³/mol. The highest BCUT2D eigenvalue weighted by Gasteiger charge is 2.74. The van der Waals surface area contributed by atoms with Crippen molar-refractivity contribution < 1.29 is 24.2 Å². The number of aliphatic hydroxyl groups excluding tert-OH is 1. The zero-order valence-corrected chi connectivity index (χ0v) is 24.9. The Kier molecular flexibility index (Phi) is 7.83. The molecular formula is C31H41N3O5S. The highest BCUT2D eigenvalue weighted by Crippen LogP contribution is 2.66. The van der Waals surface area contributed by atoms with Gasteiger partial charge in [0.05, 0.1) is 35.8 Å². The summed E-state index contributed by atoms with van der Waals surface area (Å²) < 4.78 is 3.99. The molecule has 1 aromatic rings. The number of likely N-dealkylation sites (tertiary alicyclic amines) is 1. The molecule has 5 rings (SSSR count). The predicted octanol–water partition coefficient (Wildman–Crippen LogP) is 3.64. The van der Waals surface area contributed by atoms with Crippen LogP contribution in [-0.2, 0) is 14.4 Å². The third kappa shape index (κ3) is 4.36. The van der Waals surface area contributed by atoms with Gasteiger partial charge in [0.2, 0.25) is 17.7 Å². The first-order chi connectivity index (χ1) is 19.1. The third-order valence-corrected chi connectivity index (χ3v) is 10.8. The Labute approximate surface area is 241 Å². The largest absolute Gasteiger partial charge is 0.494 e. The van der Waals surface area contributed by atoms with Gasteiger partial charge in [-0.15, -0.1) is 11.8 Å². The van der Waals surface area contributed by atoms with Crippen molar-refractivity contribution in [2.24, 2.45) is 11.8 Å². The molecule has 2 fully saturated rings. The summed E-state index contributed by atoms with van der Waals surface area (Å²) in [6.45, 7) is 11.0. The lowest BCUT2D eigenvalue weighted by molar-refractivity contribution is -0.146. The number of carbonyl (C=O) groups is 3. The van der Waals surface area contributed by atoms with Crippen LogP contribution in [0, 0.1) is 11.8 Å². The summed E-state index contributed by atoms with van der Waals surface area (Å²) in [6.07, 6.45) is 9.92. The van der Waals surface area contributed by atoms with Gasteiger partial charge in [0.25, 0.3) is 0 Å². The van der Waals surface area contributed by atoms with Crippen LogP contribution in [0.3, 0.4) is 0 Å². The molecule has 1 aromatic carbocycles. The Morgan fingerprint density at radius 1 is 0.975 bits per heavy atom. The van der Waals surface area contributed by atoms with Crippen LogP contribution >= 0.6 is 11.8 Å². The number of anilines is 1. The minimum atomic E-state index is -0.917. The maximum Gasteiger partial charge on any atom is 0.247 e. The second-order valence-electron chi connectivity index (χ2n) is 11.6. The molecule has 7 atom stereocenters. The first-order valence-electron chi connectivity index (χ1n) is 14.5. The Morgan fingerprint density at radius 2 is 1.68 bits per heavy atom. The van der Waals surface area contributed by atoms with Gasteiger partial charge in [0, 0.05) is 29.6 Å². The summed E-state index contributed by atoms with van der Waals surface area (Å²) in [5, 5.41) is 10.2. The van der Waals surface area contributed by atoms with Crippen LogP contribution in [0.4, 0.5) is 5.69 Å². The van der Waals surface area contributed by atoms with Gasteiger partial charge in [-0.2, -0.15) is 0 Å². The second-order valence-corrected chi connectivity index (χ2v) is 13.4. The number of amides is 3. The molecule has 4 heterocycles. The van der Waals surface area contributed by atoms with Gasteiger partial charge in [-0.1, -0.05) is 37.6 Å². The maximum absolute atomic E-state index is 14.5. The molecule has 3 amide bonds. The first-order valence-corrected chi connectivity index (χ1v) is 15.3. The molecule has 0 radical (unpaired) electrons. The molecule has 2 saturated heterocycles. The molecule has 4 aliphatic heterocycles. The average molecular weight is 568 g/mol. The van der Waals surface area contributed by atoms with Crippen LogP contribution in [0.15, 0.2) is 48.6 Å². The van der Waals surface area contributed by atoms with Gasteiger partial charge in [0.15, 0.2) is 0 Å². The van der Waals surface area contributed by atoms with Crippen molar-refractivity contribution >= 4 is 35.2 Å². The van der Waals surface area contributed by atoms with E-state index in [2.05, 4.69) is 19.9 Å². The van der Waals surface area contributed by atoms with Crippen molar-refractivity contribution in [1.29, 1.82) is 0 Å². The van der Waals surface area contributed by atoms with Gasteiger partial charge in [-0.3, -0.25) is 14.4 Å². The lowest BCUT2D eigenvalue weighted by Gasteiger charge is -2.40. The molecule has 1 spiro atoms. The Morgan fingerprint density at radius 3 is 2.33 bits per heavy atom. The molecule has 1 N–H and O–H groups in total. The van der Waals surface area contributed by atoms with Crippen molar-refractivity contribution in [1.82, 2.24) is 9.80 Å². The minimum Gasteiger partial charge on any atom is -0.494 e. The number of aliphatic hydroxyl groups is 1. The van der Waals surface area contributed by atoms with Gasteiger partial charge in [0.1, 0.15) is 11.8 Å². The highest BCUT2D eigenvalue weighted by molar-refractivity contribution is 8.02. The molecule has 0 aliphatic carbocycles. The van der Waals surface area contributed by atoms with E-state index in [1.807, 2.05) is 61.2 Å². The Bertz CT molecular complexity index is 1220. The highest BCUT2D eigenvalue weighted by atomic mass is 32.2. The fraction of sp³-hybridized carbons (Fsp3) is 0.581. The molecule has 2 unspecified atom stereocenters. The van der Waals surface area contributed by atoms with E-state index in [-0.39, 0.29) is 30.4 Å². The van der Waals surface area contributed by atoms with Crippen molar-refractivity contribution in [3.8, 4) is 5.75 Å². The topological polar surface area (TPSA) is 90.4 Å². The summed E-state index contributed by atoms with van der Waals surface area (Å²) in [4.78, 5) is 48.4. The molecule has 0 saturated carbocycles. The number of hydrogen-bond acceptors (Lipinski definition) is 6. The van der Waals surface area contributed by atoms with E-state index in [4.69, 9.17) is 4.74 Å². The molecule has 9 heteroatoms. The smallest absolute Gasteiger partial charge is 0.247 e. The van der Waals surface area contributed by atoms with Crippen LogP contribution in [0.5, 0.6) is 5.75 Å². The summed E-state index contributed by atoms with van der Waals surface area (Å²) in [6, 6.07) is 6.12. The molecule has 8 nitrogen and oxygen atoms in total. The van der Waals surface area contributed by atoms with Gasteiger partial charge >= 0.3 is 0 Å². The van der Waals surface area contributed by atoms with E-state index < -0.39 is 33.4 Å². The van der Waals surface area contributed by atoms with E-state index in [0.717, 1.165) is 24.3 Å². The molecule has 4 aliphatic rings. The minimum absolute atomic E-state index is 0.0156. The van der Waals surface area contributed by atoms with Crippen molar-refractivity contribution in [2.75, 3.05) is 31.2 Å². The Balaban J connectivity index is 1.59. The Hall–Kier alpha value is -2.78. The zero-order valence-electron chi connectivity index (χ0n) is 24.1. The van der Waals surface area contributed by atoms with Crippen molar-refractivity contribution in [2.45, 2.75) is 75.1 Å². The van der Waals surface area contributed by atoms with Crippen LogP contribution in [0.1, 0.15) is 47.5 Å². The van der Waals surface area contributed by atoms with E-state index in [1.165, 1.54) is 0 Å². The van der Waals surface area contributed by atoms with Crippen LogP contribution in [0.2, 0.25) is 0 Å². The van der Waals surface area contributed by atoms with Gasteiger partial charge in [-0.05, 0) is 58.4 Å². The molecular weight excluding hydrogens is 526 g/mol. The summed E-state index contributed by atoms with van der Waals surface area (Å²) in [5.74, 6) is -1.14. The lowest BCUT2D eigenvalue weighted by atomic mass is 9.74. The van der Waals surface area contributed by atoms with Crippen molar-refractivity contribution in [3.63, 3.8) is 0 Å². The van der Waals surface area contributed by atoms with Crippen LogP contribution < -0.4 is 9.64 Å². The van der Waals surface area contributed by atoms with Crippen molar-refractivity contribution in [3.05, 3.63) is 48.6 Å². The van der Waals surface area contributed by atoms with E-state index >= 15 is 0 Å². The summed E-state index contributed by atoms with van der Waals surface area (Å²) in [5.41, 5.74) is 0.739. The van der Waals surface area contributed by atoms with Crippen LogP contribution in [-0.4, -0.2) is 86.6 Å².